The van der Waals surface area contributed by atoms with Crippen LogP contribution in [0.25, 0.3) is 0 Å². The molecular formula is C19H14ClFO4. The van der Waals surface area contributed by atoms with E-state index in [-0.39, 0.29) is 23.5 Å². The monoisotopic (exact) mass is 360 g/mol. The van der Waals surface area contributed by atoms with Gasteiger partial charge in [-0.25, -0.2) is 9.18 Å². The Kier molecular flexibility index (Phi) is 4.43. The highest BCUT2D eigenvalue weighted by Crippen LogP contribution is 2.43. The van der Waals surface area contributed by atoms with Crippen molar-refractivity contribution < 1.29 is 23.5 Å². The van der Waals surface area contributed by atoms with Crippen molar-refractivity contribution in [3.05, 3.63) is 64.7 Å². The number of carbonyl (C=O) groups is 3. The third-order valence-electron chi connectivity index (χ3n) is 4.21. The highest BCUT2D eigenvalue weighted by molar-refractivity contribution is 6.30. The maximum absolute atomic E-state index is 15.8. The molecule has 0 aromatic heterocycles. The summed E-state index contributed by atoms with van der Waals surface area (Å²) in [6.45, 7) is 1.28. The van der Waals surface area contributed by atoms with Crippen LogP contribution in [0, 0.1) is 0 Å². The van der Waals surface area contributed by atoms with Gasteiger partial charge in [-0.3, -0.25) is 4.79 Å². The highest BCUT2D eigenvalue weighted by Gasteiger charge is 2.58. The fourth-order valence-electron chi connectivity index (χ4n) is 2.98. The molecule has 0 bridgehead atoms. The Morgan fingerprint density at radius 2 is 1.80 bits per heavy atom. The summed E-state index contributed by atoms with van der Waals surface area (Å²) in [7, 11) is 0. The van der Waals surface area contributed by atoms with Crippen LogP contribution < -0.4 is 4.74 Å². The van der Waals surface area contributed by atoms with Gasteiger partial charge >= 0.3 is 5.97 Å². The van der Waals surface area contributed by atoms with E-state index in [0.717, 1.165) is 0 Å². The fourth-order valence-corrected chi connectivity index (χ4v) is 3.10. The van der Waals surface area contributed by atoms with E-state index in [4.69, 9.17) is 16.3 Å². The molecule has 0 radical (unpaired) electrons. The number of ketones is 2. The molecule has 4 nitrogen and oxygen atoms in total. The first-order valence-corrected chi connectivity index (χ1v) is 8.01. The molecule has 0 fully saturated rings. The van der Waals surface area contributed by atoms with E-state index < -0.39 is 23.3 Å². The molecular weight excluding hydrogens is 347 g/mol. The summed E-state index contributed by atoms with van der Waals surface area (Å²) in [6.07, 6.45) is -0.318. The van der Waals surface area contributed by atoms with Gasteiger partial charge in [0, 0.05) is 17.4 Å². The Bertz CT molecular complexity index is 862. The van der Waals surface area contributed by atoms with Gasteiger partial charge in [-0.2, -0.15) is 0 Å². The predicted molar refractivity (Wildman–Crippen MR) is 89.7 cm³/mol. The van der Waals surface area contributed by atoms with Crippen LogP contribution in [0.4, 0.5) is 4.39 Å². The van der Waals surface area contributed by atoms with Crippen molar-refractivity contribution in [1.82, 2.24) is 0 Å². The predicted octanol–water partition coefficient (Wildman–Crippen LogP) is 3.91. The van der Waals surface area contributed by atoms with Crippen molar-refractivity contribution in [1.29, 1.82) is 0 Å². The van der Waals surface area contributed by atoms with Crippen molar-refractivity contribution >= 4 is 29.1 Å². The van der Waals surface area contributed by atoms with Gasteiger partial charge in [0.1, 0.15) is 11.5 Å². The third kappa shape index (κ3) is 2.96. The molecule has 6 heteroatoms. The Morgan fingerprint density at radius 1 is 1.16 bits per heavy atom. The van der Waals surface area contributed by atoms with E-state index >= 15 is 4.39 Å². The summed E-state index contributed by atoms with van der Waals surface area (Å²) in [5.74, 6) is -3.94. The SMILES string of the molecule is CC(=O)CC(c1ccc(Cl)cc1)C1(F)C(=O)Oc2ccccc2C1=O. The summed E-state index contributed by atoms with van der Waals surface area (Å²) in [6, 6.07) is 12.0. The second-order valence-electron chi connectivity index (χ2n) is 5.94. The molecule has 2 atom stereocenters. The number of esters is 1. The Balaban J connectivity index is 2.13. The normalized spacial score (nSPS) is 20.6. The van der Waals surface area contributed by atoms with Crippen LogP contribution in [0.5, 0.6) is 5.75 Å². The van der Waals surface area contributed by atoms with Crippen LogP contribution in [-0.4, -0.2) is 23.2 Å². The number of fused-ring (bicyclic) bond motifs is 1. The maximum Gasteiger partial charge on any atom is 0.358 e. The Morgan fingerprint density at radius 3 is 2.44 bits per heavy atom. The molecule has 1 heterocycles. The van der Waals surface area contributed by atoms with Crippen molar-refractivity contribution in [3.8, 4) is 5.75 Å². The summed E-state index contributed by atoms with van der Waals surface area (Å²) >= 11 is 5.85. The molecule has 0 aliphatic carbocycles. The summed E-state index contributed by atoms with van der Waals surface area (Å²) in [5.41, 5.74) is -2.67. The second kappa shape index (κ2) is 6.41. The van der Waals surface area contributed by atoms with E-state index in [1.807, 2.05) is 0 Å². The van der Waals surface area contributed by atoms with E-state index in [1.54, 1.807) is 12.1 Å². The van der Waals surface area contributed by atoms with Gasteiger partial charge in [0.2, 0.25) is 5.78 Å². The van der Waals surface area contributed by atoms with Crippen LogP contribution >= 0.6 is 11.6 Å². The van der Waals surface area contributed by atoms with Crippen LogP contribution in [0.15, 0.2) is 48.5 Å². The molecule has 25 heavy (non-hydrogen) atoms. The summed E-state index contributed by atoms with van der Waals surface area (Å²) in [4.78, 5) is 36.9. The van der Waals surface area contributed by atoms with Crippen molar-refractivity contribution in [3.63, 3.8) is 0 Å². The second-order valence-corrected chi connectivity index (χ2v) is 6.37. The topological polar surface area (TPSA) is 60.4 Å². The first kappa shape index (κ1) is 17.3. The number of benzene rings is 2. The van der Waals surface area contributed by atoms with Gasteiger partial charge < -0.3 is 9.53 Å². The number of hydrogen-bond acceptors (Lipinski definition) is 4. The van der Waals surface area contributed by atoms with Crippen LogP contribution in [0.3, 0.4) is 0 Å². The van der Waals surface area contributed by atoms with E-state index in [9.17, 15) is 14.4 Å². The van der Waals surface area contributed by atoms with Gasteiger partial charge in [0.25, 0.3) is 5.67 Å². The number of carbonyl (C=O) groups excluding carboxylic acids is 3. The van der Waals surface area contributed by atoms with Gasteiger partial charge in [-0.05, 0) is 36.8 Å². The lowest BCUT2D eigenvalue weighted by Gasteiger charge is -2.33. The average Bonchev–Trinajstić information content (AvgIpc) is 2.58. The zero-order valence-electron chi connectivity index (χ0n) is 13.3. The lowest BCUT2D eigenvalue weighted by Crippen LogP contribution is -2.53. The highest BCUT2D eigenvalue weighted by atomic mass is 35.5. The molecule has 0 N–H and O–H groups in total. The summed E-state index contributed by atoms with van der Waals surface area (Å²) < 4.78 is 20.9. The smallest absolute Gasteiger partial charge is 0.358 e. The molecule has 128 valence electrons. The number of ether oxygens (including phenoxy) is 1. The van der Waals surface area contributed by atoms with Crippen molar-refractivity contribution in [2.24, 2.45) is 0 Å². The van der Waals surface area contributed by atoms with Gasteiger partial charge in [-0.1, -0.05) is 35.9 Å². The lowest BCUT2D eigenvalue weighted by atomic mass is 9.75. The number of rotatable bonds is 4. The Hall–Kier alpha value is -2.53. The minimum absolute atomic E-state index is 0.0171. The molecule has 3 rings (SSSR count). The van der Waals surface area contributed by atoms with Gasteiger partial charge in [-0.15, -0.1) is 0 Å². The zero-order valence-corrected chi connectivity index (χ0v) is 14.0. The number of Topliss-reactive ketones (excluding diaryl/α,β-unsaturated/α-hetero) is 2. The quantitative estimate of drug-likeness (QED) is 0.471. The number of para-hydroxylation sites is 1. The lowest BCUT2D eigenvalue weighted by molar-refractivity contribution is -0.147. The minimum Gasteiger partial charge on any atom is -0.423 e. The molecule has 0 saturated heterocycles. The van der Waals surface area contributed by atoms with Gasteiger partial charge in [0.05, 0.1) is 5.56 Å². The molecule has 0 spiro atoms. The molecule has 0 amide bonds. The molecule has 1 aliphatic heterocycles. The Labute approximate surface area is 148 Å². The largest absolute Gasteiger partial charge is 0.423 e. The summed E-state index contributed by atoms with van der Waals surface area (Å²) in [5, 5.41) is 0.418. The number of hydrogen-bond donors (Lipinski definition) is 0. The average molecular weight is 361 g/mol. The molecule has 2 aromatic carbocycles. The maximum atomic E-state index is 15.8. The van der Waals surface area contributed by atoms with E-state index in [0.29, 0.717) is 10.6 Å². The number of halogens is 2. The first-order valence-electron chi connectivity index (χ1n) is 7.64. The van der Waals surface area contributed by atoms with Crippen LogP contribution in [-0.2, 0) is 9.59 Å². The van der Waals surface area contributed by atoms with E-state index in [1.165, 1.54) is 43.3 Å². The molecule has 2 unspecified atom stereocenters. The number of alkyl halides is 1. The zero-order chi connectivity index (χ0) is 18.2. The van der Waals surface area contributed by atoms with Gasteiger partial charge in [0.15, 0.2) is 0 Å². The van der Waals surface area contributed by atoms with Crippen molar-refractivity contribution in [2.45, 2.75) is 24.9 Å². The fraction of sp³-hybridized carbons (Fsp3) is 0.211. The first-order chi connectivity index (χ1) is 11.8. The van der Waals surface area contributed by atoms with Crippen LogP contribution in [0.1, 0.15) is 35.2 Å². The van der Waals surface area contributed by atoms with Crippen LogP contribution in [0.2, 0.25) is 5.02 Å². The van der Waals surface area contributed by atoms with E-state index in [2.05, 4.69) is 0 Å². The molecule has 0 saturated carbocycles. The molecule has 1 aliphatic rings. The third-order valence-corrected chi connectivity index (χ3v) is 4.46. The minimum atomic E-state index is -2.98. The van der Waals surface area contributed by atoms with Crippen molar-refractivity contribution in [2.75, 3.05) is 0 Å². The molecule has 2 aromatic rings. The standard InChI is InChI=1S/C19H14ClFO4/c1-11(22)10-15(12-6-8-13(20)9-7-12)19(21)17(23)14-4-2-3-5-16(14)25-18(19)24/h2-9,15H,10H2,1H3.